The van der Waals surface area contributed by atoms with Crippen molar-refractivity contribution in [3.8, 4) is 0 Å². The van der Waals surface area contributed by atoms with Gasteiger partial charge < -0.3 is 0 Å². The molecule has 0 aliphatic heterocycles. The second-order valence-electron chi connectivity index (χ2n) is 4.68. The molecule has 1 aromatic heterocycles. The molecule has 0 atom stereocenters. The van der Waals surface area contributed by atoms with Crippen LogP contribution in [0.15, 0.2) is 29.2 Å². The van der Waals surface area contributed by atoms with Crippen LogP contribution in [0, 0.1) is 19.7 Å². The van der Waals surface area contributed by atoms with Gasteiger partial charge in [-0.05, 0) is 38.0 Å². The lowest BCUT2D eigenvalue weighted by Gasteiger charge is -2.10. The molecule has 1 N–H and O–H groups in total. The predicted molar refractivity (Wildman–Crippen MR) is 78.1 cm³/mol. The van der Waals surface area contributed by atoms with Gasteiger partial charge in [-0.1, -0.05) is 13.0 Å². The van der Waals surface area contributed by atoms with Crippen LogP contribution in [0.2, 0.25) is 0 Å². The summed E-state index contributed by atoms with van der Waals surface area (Å²) in [7, 11) is -4.02. The summed E-state index contributed by atoms with van der Waals surface area (Å²) in [6.45, 7) is 5.26. The number of nitrogens with one attached hydrogen (secondary N) is 1. The normalized spacial score (nSPS) is 11.4. The number of nitrogens with zero attached hydrogens (tertiary/aromatic N) is 2. The molecule has 0 saturated heterocycles. The van der Waals surface area contributed by atoms with E-state index in [1.165, 1.54) is 18.2 Å². The third-order valence-electron chi connectivity index (χ3n) is 2.87. The smallest absolute Gasteiger partial charge is 0.263 e. The summed E-state index contributed by atoms with van der Waals surface area (Å²) in [4.78, 5) is 7.78. The lowest BCUT2D eigenvalue weighted by molar-refractivity contribution is 0.569. The Labute approximate surface area is 123 Å². The summed E-state index contributed by atoms with van der Waals surface area (Å²) in [5.74, 6) is -0.195. The van der Waals surface area contributed by atoms with Crippen molar-refractivity contribution in [2.75, 3.05) is 4.72 Å². The zero-order chi connectivity index (χ0) is 15.6. The molecule has 0 aliphatic rings. The van der Waals surface area contributed by atoms with Crippen LogP contribution in [-0.4, -0.2) is 18.4 Å². The van der Waals surface area contributed by atoms with Crippen LogP contribution in [0.1, 0.15) is 24.0 Å². The topological polar surface area (TPSA) is 72.0 Å². The quantitative estimate of drug-likeness (QED) is 0.942. The van der Waals surface area contributed by atoms with E-state index in [0.29, 0.717) is 23.5 Å². The van der Waals surface area contributed by atoms with Crippen LogP contribution in [0.25, 0.3) is 0 Å². The van der Waals surface area contributed by atoms with E-state index < -0.39 is 20.7 Å². The SMILES string of the molecule is CCc1cc(NS(=O)(=O)c2ccc(C)cc2F)nc(C)n1. The molecule has 0 fully saturated rings. The highest BCUT2D eigenvalue weighted by Gasteiger charge is 2.20. The summed E-state index contributed by atoms with van der Waals surface area (Å²) in [5, 5.41) is 0. The fraction of sp³-hybridized carbons (Fsp3) is 0.286. The molecular weight excluding hydrogens is 293 g/mol. The summed E-state index contributed by atoms with van der Waals surface area (Å²) in [5.41, 5.74) is 1.36. The third kappa shape index (κ3) is 3.55. The van der Waals surface area contributed by atoms with Crippen LogP contribution in [0.3, 0.4) is 0 Å². The molecule has 1 heterocycles. The fourth-order valence-electron chi connectivity index (χ4n) is 1.88. The van der Waals surface area contributed by atoms with E-state index in [4.69, 9.17) is 0 Å². The van der Waals surface area contributed by atoms with E-state index in [2.05, 4.69) is 14.7 Å². The fourth-order valence-corrected chi connectivity index (χ4v) is 2.93. The molecule has 2 aromatic rings. The van der Waals surface area contributed by atoms with Crippen molar-refractivity contribution in [2.24, 2.45) is 0 Å². The Bertz CT molecular complexity index is 776. The monoisotopic (exact) mass is 309 g/mol. The highest BCUT2D eigenvalue weighted by atomic mass is 32.2. The van der Waals surface area contributed by atoms with E-state index in [1.807, 2.05) is 6.92 Å². The molecule has 112 valence electrons. The van der Waals surface area contributed by atoms with Crippen LogP contribution in [0.5, 0.6) is 0 Å². The number of sulfonamides is 1. The van der Waals surface area contributed by atoms with Crippen LogP contribution >= 0.6 is 0 Å². The highest BCUT2D eigenvalue weighted by molar-refractivity contribution is 7.92. The number of aryl methyl sites for hydroxylation is 3. The predicted octanol–water partition coefficient (Wildman–Crippen LogP) is 2.60. The number of aromatic nitrogens is 2. The Morgan fingerprint density at radius 2 is 1.90 bits per heavy atom. The molecular formula is C14H16FN3O2S. The van der Waals surface area contributed by atoms with Gasteiger partial charge >= 0.3 is 0 Å². The average Bonchev–Trinajstić information content (AvgIpc) is 2.36. The van der Waals surface area contributed by atoms with E-state index in [0.717, 1.165) is 0 Å². The number of benzene rings is 1. The van der Waals surface area contributed by atoms with Gasteiger partial charge in [0.25, 0.3) is 10.0 Å². The largest absolute Gasteiger partial charge is 0.265 e. The van der Waals surface area contributed by atoms with Crippen molar-refractivity contribution in [1.82, 2.24) is 9.97 Å². The highest BCUT2D eigenvalue weighted by Crippen LogP contribution is 2.19. The van der Waals surface area contributed by atoms with Crippen molar-refractivity contribution in [1.29, 1.82) is 0 Å². The molecule has 0 spiro atoms. The molecule has 21 heavy (non-hydrogen) atoms. The Kier molecular flexibility index (Phi) is 4.22. The van der Waals surface area contributed by atoms with Gasteiger partial charge in [0.2, 0.25) is 0 Å². The molecule has 0 aliphatic carbocycles. The number of anilines is 1. The Morgan fingerprint density at radius 3 is 2.52 bits per heavy atom. The maximum Gasteiger partial charge on any atom is 0.265 e. The zero-order valence-corrected chi connectivity index (χ0v) is 12.8. The van der Waals surface area contributed by atoms with Gasteiger partial charge in [0.1, 0.15) is 22.4 Å². The molecule has 0 bridgehead atoms. The number of halogens is 1. The van der Waals surface area contributed by atoms with Gasteiger partial charge in [-0.15, -0.1) is 0 Å². The van der Waals surface area contributed by atoms with Crippen LogP contribution in [-0.2, 0) is 16.4 Å². The van der Waals surface area contributed by atoms with Gasteiger partial charge in [-0.25, -0.2) is 22.8 Å². The first-order valence-electron chi connectivity index (χ1n) is 6.45. The Hall–Kier alpha value is -2.02. The lowest BCUT2D eigenvalue weighted by atomic mass is 10.2. The number of hydrogen-bond acceptors (Lipinski definition) is 4. The zero-order valence-electron chi connectivity index (χ0n) is 12.0. The first kappa shape index (κ1) is 15.4. The number of rotatable bonds is 4. The van der Waals surface area contributed by atoms with Crippen molar-refractivity contribution >= 4 is 15.8 Å². The molecule has 1 aromatic carbocycles. The molecule has 2 rings (SSSR count). The van der Waals surface area contributed by atoms with Gasteiger partial charge in [0.15, 0.2) is 0 Å². The van der Waals surface area contributed by atoms with E-state index in [1.54, 1.807) is 19.9 Å². The van der Waals surface area contributed by atoms with E-state index >= 15 is 0 Å². The summed E-state index contributed by atoms with van der Waals surface area (Å²) in [6.07, 6.45) is 0.650. The van der Waals surface area contributed by atoms with Gasteiger partial charge in [0.05, 0.1) is 0 Å². The lowest BCUT2D eigenvalue weighted by Crippen LogP contribution is -2.16. The standard InChI is InChI=1S/C14H16FN3O2S/c1-4-11-8-14(17-10(3)16-11)18-21(19,20)13-6-5-9(2)7-12(13)15/h5-8H,4H2,1-3H3,(H,16,17,18). The third-order valence-corrected chi connectivity index (χ3v) is 4.26. The maximum atomic E-state index is 13.8. The summed E-state index contributed by atoms with van der Waals surface area (Å²) in [6, 6.07) is 5.50. The molecule has 0 radical (unpaired) electrons. The van der Waals surface area contributed by atoms with E-state index in [-0.39, 0.29) is 5.82 Å². The van der Waals surface area contributed by atoms with Crippen molar-refractivity contribution in [2.45, 2.75) is 32.1 Å². The first-order valence-corrected chi connectivity index (χ1v) is 7.93. The minimum Gasteiger partial charge on any atom is -0.263 e. The minimum absolute atomic E-state index is 0.138. The second-order valence-corrected chi connectivity index (χ2v) is 6.34. The number of hydrogen-bond donors (Lipinski definition) is 1. The molecule has 5 nitrogen and oxygen atoms in total. The Morgan fingerprint density at radius 1 is 1.19 bits per heavy atom. The van der Waals surface area contributed by atoms with Crippen LogP contribution in [0.4, 0.5) is 10.2 Å². The Balaban J connectivity index is 2.39. The molecule has 0 unspecified atom stereocenters. The van der Waals surface area contributed by atoms with E-state index in [9.17, 15) is 12.8 Å². The molecule has 7 heteroatoms. The second kappa shape index (κ2) is 5.77. The summed E-state index contributed by atoms with van der Waals surface area (Å²) < 4.78 is 40.6. The molecule has 0 saturated carbocycles. The van der Waals surface area contributed by atoms with Crippen molar-refractivity contribution in [3.63, 3.8) is 0 Å². The maximum absolute atomic E-state index is 13.8. The van der Waals surface area contributed by atoms with Gasteiger partial charge in [0, 0.05) is 11.8 Å². The van der Waals surface area contributed by atoms with Gasteiger partial charge in [-0.2, -0.15) is 0 Å². The van der Waals surface area contributed by atoms with Gasteiger partial charge in [-0.3, -0.25) is 4.72 Å². The first-order chi connectivity index (χ1) is 9.81. The van der Waals surface area contributed by atoms with Crippen molar-refractivity contribution < 1.29 is 12.8 Å². The van der Waals surface area contributed by atoms with Crippen LogP contribution < -0.4 is 4.72 Å². The minimum atomic E-state index is -4.02. The molecule has 0 amide bonds. The van der Waals surface area contributed by atoms with Crippen molar-refractivity contribution in [3.05, 3.63) is 47.2 Å². The summed E-state index contributed by atoms with van der Waals surface area (Å²) >= 11 is 0. The average molecular weight is 309 g/mol.